The lowest BCUT2D eigenvalue weighted by Crippen LogP contribution is -2.25. The number of amides is 1. The Balaban J connectivity index is 1.35. The zero-order chi connectivity index (χ0) is 26.5. The van der Waals surface area contributed by atoms with Crippen molar-refractivity contribution in [2.24, 2.45) is 11.8 Å². The summed E-state index contributed by atoms with van der Waals surface area (Å²) in [6.07, 6.45) is 4.54. The number of nitrogens with one attached hydrogen (secondary N) is 1. The minimum atomic E-state index is -0.851. The second-order valence-corrected chi connectivity index (χ2v) is 8.66. The molecule has 3 aromatic carbocycles. The fraction of sp³-hybridized carbons (Fsp3) is 0.207. The van der Waals surface area contributed by atoms with Gasteiger partial charge in [-0.3, -0.25) is 4.79 Å². The van der Waals surface area contributed by atoms with Crippen LogP contribution in [-0.2, 0) is 20.8 Å². The average Bonchev–Trinajstić information content (AvgIpc) is 3.70. The molecule has 1 aliphatic carbocycles. The Morgan fingerprint density at radius 2 is 1.68 bits per heavy atom. The summed E-state index contributed by atoms with van der Waals surface area (Å²) in [7, 11) is 2.47. The maximum atomic E-state index is 14.8. The molecule has 1 N–H and O–H groups in total. The number of allylic oxidation sites excluding steroid dienone is 1. The quantitative estimate of drug-likeness (QED) is 0.427. The number of ether oxygens (including phenoxy) is 2. The number of carbonyl (C=O) groups excluding carboxylic acids is 3. The lowest BCUT2D eigenvalue weighted by Gasteiger charge is -2.11. The van der Waals surface area contributed by atoms with Gasteiger partial charge in [0.25, 0.3) is 0 Å². The number of methoxy groups -OCH3 is 2. The first-order chi connectivity index (χ1) is 17.8. The van der Waals surface area contributed by atoms with E-state index in [0.29, 0.717) is 17.5 Å². The number of rotatable bonds is 8. The van der Waals surface area contributed by atoms with Crippen molar-refractivity contribution in [1.29, 1.82) is 0 Å². The highest BCUT2D eigenvalue weighted by molar-refractivity contribution is 5.97. The molecule has 1 saturated carbocycles. The van der Waals surface area contributed by atoms with Gasteiger partial charge >= 0.3 is 11.9 Å². The van der Waals surface area contributed by atoms with Crippen molar-refractivity contribution in [3.05, 3.63) is 101 Å². The lowest BCUT2D eigenvalue weighted by atomic mass is 9.98. The summed E-state index contributed by atoms with van der Waals surface area (Å²) in [4.78, 5) is 36.0. The van der Waals surface area contributed by atoms with Crippen molar-refractivity contribution < 1.29 is 32.6 Å². The van der Waals surface area contributed by atoms with Crippen LogP contribution in [0.25, 0.3) is 17.2 Å². The van der Waals surface area contributed by atoms with Gasteiger partial charge in [0.15, 0.2) is 0 Å². The van der Waals surface area contributed by atoms with Crippen LogP contribution < -0.4 is 5.32 Å². The van der Waals surface area contributed by atoms with E-state index in [9.17, 15) is 23.2 Å². The summed E-state index contributed by atoms with van der Waals surface area (Å²) in [5, 5.41) is 2.77. The average molecular weight is 506 g/mol. The standard InChI is InChI=1S/C29H25F2NO5/c1-36-28(34)18-9-6-17(7-10-18)8-11-19-14-23(19)27(33)32-16-21-13-12-20(15-25(21)31)22-4-3-5-24(30)26(22)29(35)37-2/h3-13,15,19,23H,14,16H2,1-2H3,(H,32,33). The molecule has 1 fully saturated rings. The second-order valence-electron chi connectivity index (χ2n) is 8.66. The van der Waals surface area contributed by atoms with Gasteiger partial charge in [0, 0.05) is 18.0 Å². The van der Waals surface area contributed by atoms with E-state index in [1.54, 1.807) is 30.3 Å². The molecule has 37 heavy (non-hydrogen) atoms. The Labute approximate surface area is 212 Å². The van der Waals surface area contributed by atoms with Crippen LogP contribution in [0.15, 0.2) is 66.7 Å². The molecule has 0 saturated heterocycles. The first kappa shape index (κ1) is 25.8. The van der Waals surface area contributed by atoms with Crippen LogP contribution >= 0.6 is 0 Å². The summed E-state index contributed by atoms with van der Waals surface area (Å²) < 4.78 is 38.4. The molecule has 0 aliphatic heterocycles. The molecule has 3 aromatic rings. The molecule has 0 bridgehead atoms. The van der Waals surface area contributed by atoms with Crippen LogP contribution in [0.1, 0.15) is 38.3 Å². The van der Waals surface area contributed by atoms with E-state index < -0.39 is 23.6 Å². The molecule has 1 amide bonds. The minimum absolute atomic E-state index is 0.000118. The van der Waals surface area contributed by atoms with Crippen LogP contribution in [0.3, 0.4) is 0 Å². The molecule has 0 spiro atoms. The molecule has 0 aromatic heterocycles. The highest BCUT2D eigenvalue weighted by Crippen LogP contribution is 2.40. The van der Waals surface area contributed by atoms with Gasteiger partial charge in [-0.25, -0.2) is 18.4 Å². The number of esters is 2. The Morgan fingerprint density at radius 1 is 0.946 bits per heavy atom. The number of benzene rings is 3. The monoisotopic (exact) mass is 505 g/mol. The summed E-state index contributed by atoms with van der Waals surface area (Å²) in [5.41, 5.74) is 1.90. The molecule has 2 unspecified atom stereocenters. The lowest BCUT2D eigenvalue weighted by molar-refractivity contribution is -0.122. The van der Waals surface area contributed by atoms with E-state index in [-0.39, 0.29) is 41.0 Å². The number of hydrogen-bond acceptors (Lipinski definition) is 5. The smallest absolute Gasteiger partial charge is 0.341 e. The van der Waals surface area contributed by atoms with Crippen LogP contribution in [0.5, 0.6) is 0 Å². The number of carbonyl (C=O) groups is 3. The summed E-state index contributed by atoms with van der Waals surface area (Å²) in [6.45, 7) is -0.000118. The Bertz CT molecular complexity index is 1370. The molecule has 0 radical (unpaired) electrons. The molecule has 4 rings (SSSR count). The molecular formula is C29H25F2NO5. The van der Waals surface area contributed by atoms with Crippen molar-refractivity contribution in [2.45, 2.75) is 13.0 Å². The van der Waals surface area contributed by atoms with Crippen LogP contribution in [0.2, 0.25) is 0 Å². The molecular weight excluding hydrogens is 480 g/mol. The number of hydrogen-bond donors (Lipinski definition) is 1. The third kappa shape index (κ3) is 5.91. The van der Waals surface area contributed by atoms with Gasteiger partial charge in [-0.15, -0.1) is 0 Å². The van der Waals surface area contributed by atoms with Gasteiger partial charge in [0.1, 0.15) is 17.2 Å². The van der Waals surface area contributed by atoms with Crippen LogP contribution in [0, 0.1) is 23.5 Å². The van der Waals surface area contributed by atoms with Crippen molar-refractivity contribution in [3.63, 3.8) is 0 Å². The molecule has 8 heteroatoms. The normalized spacial score (nSPS) is 16.3. The maximum absolute atomic E-state index is 14.8. The van der Waals surface area contributed by atoms with Gasteiger partial charge in [-0.05, 0) is 53.3 Å². The SMILES string of the molecule is COC(=O)c1ccc(C=CC2CC2C(=O)NCc2ccc(-c3cccc(F)c3C(=O)OC)cc2F)cc1. The van der Waals surface area contributed by atoms with Gasteiger partial charge in [0.2, 0.25) is 5.91 Å². The first-order valence-corrected chi connectivity index (χ1v) is 11.6. The summed E-state index contributed by atoms with van der Waals surface area (Å²) in [5.74, 6) is -2.87. The fourth-order valence-electron chi connectivity index (χ4n) is 4.06. The Morgan fingerprint density at radius 3 is 2.35 bits per heavy atom. The van der Waals surface area contributed by atoms with Crippen LogP contribution in [-0.4, -0.2) is 32.1 Å². The summed E-state index contributed by atoms with van der Waals surface area (Å²) in [6, 6.07) is 15.3. The second kappa shape index (κ2) is 11.2. The van der Waals surface area contributed by atoms with E-state index in [4.69, 9.17) is 0 Å². The zero-order valence-corrected chi connectivity index (χ0v) is 20.3. The topological polar surface area (TPSA) is 81.7 Å². The van der Waals surface area contributed by atoms with E-state index in [2.05, 4.69) is 14.8 Å². The highest BCUT2D eigenvalue weighted by Gasteiger charge is 2.40. The third-order valence-electron chi connectivity index (χ3n) is 6.26. The molecule has 0 heterocycles. The van der Waals surface area contributed by atoms with Crippen molar-refractivity contribution in [1.82, 2.24) is 5.32 Å². The van der Waals surface area contributed by atoms with Crippen molar-refractivity contribution >= 4 is 23.9 Å². The van der Waals surface area contributed by atoms with E-state index in [0.717, 1.165) is 18.7 Å². The van der Waals surface area contributed by atoms with Crippen molar-refractivity contribution in [2.75, 3.05) is 14.2 Å². The van der Waals surface area contributed by atoms with E-state index in [1.165, 1.54) is 31.4 Å². The van der Waals surface area contributed by atoms with Gasteiger partial charge in [-0.1, -0.05) is 48.6 Å². The minimum Gasteiger partial charge on any atom is -0.465 e. The van der Waals surface area contributed by atoms with E-state index >= 15 is 0 Å². The third-order valence-corrected chi connectivity index (χ3v) is 6.26. The summed E-state index contributed by atoms with van der Waals surface area (Å²) >= 11 is 0. The van der Waals surface area contributed by atoms with E-state index in [1.807, 2.05) is 12.2 Å². The van der Waals surface area contributed by atoms with Gasteiger partial charge < -0.3 is 14.8 Å². The molecule has 190 valence electrons. The molecule has 6 nitrogen and oxygen atoms in total. The van der Waals surface area contributed by atoms with Gasteiger partial charge in [0.05, 0.1) is 19.8 Å². The molecule has 1 aliphatic rings. The Kier molecular flexibility index (Phi) is 7.77. The van der Waals surface area contributed by atoms with Gasteiger partial charge in [-0.2, -0.15) is 0 Å². The molecule has 2 atom stereocenters. The maximum Gasteiger partial charge on any atom is 0.341 e. The predicted octanol–water partition coefficient (Wildman–Crippen LogP) is 5.17. The van der Waals surface area contributed by atoms with Crippen molar-refractivity contribution in [3.8, 4) is 11.1 Å². The zero-order valence-electron chi connectivity index (χ0n) is 20.3. The largest absolute Gasteiger partial charge is 0.465 e. The Hall–Kier alpha value is -4.33. The fourth-order valence-corrected chi connectivity index (χ4v) is 4.06. The number of halogens is 2. The first-order valence-electron chi connectivity index (χ1n) is 11.6. The predicted molar refractivity (Wildman–Crippen MR) is 133 cm³/mol. The van der Waals surface area contributed by atoms with Crippen LogP contribution in [0.4, 0.5) is 8.78 Å². The highest BCUT2D eigenvalue weighted by atomic mass is 19.1.